The van der Waals surface area contributed by atoms with Crippen LogP contribution in [0.1, 0.15) is 34.6 Å². The van der Waals surface area contributed by atoms with Crippen molar-refractivity contribution >= 4 is 12.1 Å². The quantitative estimate of drug-likeness (QED) is 0.329. The van der Waals surface area contributed by atoms with Gasteiger partial charge in [0.25, 0.3) is 0 Å². The van der Waals surface area contributed by atoms with E-state index in [0.717, 1.165) is 0 Å². The fraction of sp³-hybridized carbons (Fsp3) is 0.875. The van der Waals surface area contributed by atoms with E-state index in [1.807, 2.05) is 0 Å². The van der Waals surface area contributed by atoms with Gasteiger partial charge in [-0.15, -0.1) is 0 Å². The third-order valence-corrected chi connectivity index (χ3v) is 3.43. The number of carboxylic acid groups (broad SMARTS) is 1. The number of rotatable bonds is 5. The molecule has 0 saturated carbocycles. The van der Waals surface area contributed by atoms with Crippen LogP contribution in [-0.4, -0.2) is 88.0 Å². The van der Waals surface area contributed by atoms with E-state index < -0.39 is 54.3 Å². The summed E-state index contributed by atoms with van der Waals surface area (Å²) in [6, 6.07) is 0. The number of nitrogens with two attached hydrogens (primary N) is 1. The third-order valence-electron chi connectivity index (χ3n) is 3.43. The number of aliphatic carboxylic acids is 1. The Balaban J connectivity index is 0.000000713. The Bertz CT molecular complexity index is 480. The standard InChI is InChI=1S/C12H21NO6.C4H11NO3/c1-10(2,3)19-9(16)13-12(8(14)15)6-17-11(4,5)18-7-12;5-4(1-6,2-7)3-8/h6-7H2,1-5H3,(H,13,16)(H,14,15);6-8H,1-3,5H2. The number of aliphatic hydroxyl groups is 3. The van der Waals surface area contributed by atoms with Gasteiger partial charge in [0.05, 0.1) is 38.6 Å². The van der Waals surface area contributed by atoms with Crippen LogP contribution in [0.3, 0.4) is 0 Å². The lowest BCUT2D eigenvalue weighted by atomic mass is 10.0. The van der Waals surface area contributed by atoms with Gasteiger partial charge >= 0.3 is 12.1 Å². The molecule has 0 unspecified atom stereocenters. The lowest BCUT2D eigenvalue weighted by Crippen LogP contribution is -2.65. The molecule has 11 heteroatoms. The molecule has 0 aromatic heterocycles. The number of carboxylic acids is 1. The van der Waals surface area contributed by atoms with Gasteiger partial charge in [-0.1, -0.05) is 0 Å². The first-order valence-corrected chi connectivity index (χ1v) is 8.28. The molecule has 160 valence electrons. The van der Waals surface area contributed by atoms with E-state index in [9.17, 15) is 14.7 Å². The monoisotopic (exact) mass is 396 g/mol. The first kappa shape index (κ1) is 25.5. The zero-order valence-corrected chi connectivity index (χ0v) is 16.4. The molecule has 0 aromatic rings. The normalized spacial score (nSPS) is 18.7. The average Bonchev–Trinajstić information content (AvgIpc) is 2.55. The lowest BCUT2D eigenvalue weighted by Gasteiger charge is -2.41. The number of carbonyl (C=O) groups is 2. The molecule has 7 N–H and O–H groups in total. The Morgan fingerprint density at radius 3 is 1.74 bits per heavy atom. The molecule has 1 fully saturated rings. The second kappa shape index (κ2) is 9.62. The van der Waals surface area contributed by atoms with Gasteiger partial charge < -0.3 is 45.7 Å². The maximum absolute atomic E-state index is 11.7. The van der Waals surface area contributed by atoms with Crippen LogP contribution in [-0.2, 0) is 19.0 Å². The molecule has 1 rings (SSSR count). The highest BCUT2D eigenvalue weighted by Crippen LogP contribution is 2.24. The number of ether oxygens (including phenoxy) is 3. The van der Waals surface area contributed by atoms with Crippen molar-refractivity contribution in [1.82, 2.24) is 5.32 Å². The molecule has 0 atom stereocenters. The van der Waals surface area contributed by atoms with Gasteiger partial charge in [0, 0.05) is 0 Å². The van der Waals surface area contributed by atoms with Crippen LogP contribution in [0.2, 0.25) is 0 Å². The van der Waals surface area contributed by atoms with E-state index in [4.69, 9.17) is 35.3 Å². The van der Waals surface area contributed by atoms with Crippen molar-refractivity contribution in [3.8, 4) is 0 Å². The number of amides is 1. The number of hydrogen-bond donors (Lipinski definition) is 6. The van der Waals surface area contributed by atoms with Crippen molar-refractivity contribution < 1.29 is 44.2 Å². The molecule has 1 aliphatic heterocycles. The van der Waals surface area contributed by atoms with E-state index >= 15 is 0 Å². The highest BCUT2D eigenvalue weighted by atomic mass is 16.7. The number of carbonyl (C=O) groups excluding carboxylic acids is 1. The Labute approximate surface area is 158 Å². The second-order valence-electron chi connectivity index (χ2n) is 7.83. The molecule has 0 aromatic carbocycles. The van der Waals surface area contributed by atoms with Gasteiger partial charge in [-0.05, 0) is 34.6 Å². The first-order valence-electron chi connectivity index (χ1n) is 8.28. The average molecular weight is 396 g/mol. The molecule has 0 aliphatic carbocycles. The van der Waals surface area contributed by atoms with Gasteiger partial charge in [-0.2, -0.15) is 0 Å². The van der Waals surface area contributed by atoms with E-state index in [1.165, 1.54) is 0 Å². The van der Waals surface area contributed by atoms with E-state index in [1.54, 1.807) is 34.6 Å². The molecule has 0 spiro atoms. The number of nitrogens with one attached hydrogen (secondary N) is 1. The highest BCUT2D eigenvalue weighted by molar-refractivity contribution is 5.85. The van der Waals surface area contributed by atoms with Crippen molar-refractivity contribution in [2.45, 2.75) is 57.1 Å². The fourth-order valence-corrected chi connectivity index (χ4v) is 1.58. The molecule has 27 heavy (non-hydrogen) atoms. The summed E-state index contributed by atoms with van der Waals surface area (Å²) in [5.41, 5.74) is 1.60. The predicted molar refractivity (Wildman–Crippen MR) is 93.9 cm³/mol. The SMILES string of the molecule is CC(C)(C)OC(=O)NC1(C(=O)O)COC(C)(C)OC1.NC(CO)(CO)CO. The van der Waals surface area contributed by atoms with Crippen LogP contribution >= 0.6 is 0 Å². The van der Waals surface area contributed by atoms with Crippen LogP contribution in [0, 0.1) is 0 Å². The summed E-state index contributed by atoms with van der Waals surface area (Å²) in [5, 5.41) is 36.6. The second-order valence-corrected chi connectivity index (χ2v) is 7.83. The minimum atomic E-state index is -1.63. The zero-order chi connectivity index (χ0) is 21.5. The summed E-state index contributed by atoms with van der Waals surface area (Å²) >= 11 is 0. The number of alkyl carbamates (subject to hydrolysis) is 1. The summed E-state index contributed by atoms with van der Waals surface area (Å²) < 4.78 is 15.6. The van der Waals surface area contributed by atoms with Crippen molar-refractivity contribution in [1.29, 1.82) is 0 Å². The van der Waals surface area contributed by atoms with Gasteiger partial charge in [0.1, 0.15) is 5.60 Å². The molecule has 1 amide bonds. The van der Waals surface area contributed by atoms with Crippen LogP contribution < -0.4 is 11.1 Å². The topological polar surface area (TPSA) is 181 Å². The third kappa shape index (κ3) is 8.82. The molecular weight excluding hydrogens is 364 g/mol. The van der Waals surface area contributed by atoms with Gasteiger partial charge in [-0.25, -0.2) is 9.59 Å². The molecular formula is C16H32N2O9. The minimum absolute atomic E-state index is 0.186. The minimum Gasteiger partial charge on any atom is -0.479 e. The zero-order valence-electron chi connectivity index (χ0n) is 16.4. The van der Waals surface area contributed by atoms with Crippen molar-refractivity contribution in [2.75, 3.05) is 33.0 Å². The van der Waals surface area contributed by atoms with Gasteiger partial charge in [-0.3, -0.25) is 0 Å². The number of hydrogen-bond acceptors (Lipinski definition) is 9. The summed E-state index contributed by atoms with van der Waals surface area (Å²) in [5.74, 6) is -2.09. The molecule has 0 radical (unpaired) electrons. The molecule has 11 nitrogen and oxygen atoms in total. The van der Waals surface area contributed by atoms with Crippen molar-refractivity contribution in [3.63, 3.8) is 0 Å². The smallest absolute Gasteiger partial charge is 0.408 e. The van der Waals surface area contributed by atoms with Crippen LogP contribution in [0.4, 0.5) is 4.79 Å². The summed E-state index contributed by atoms with van der Waals surface area (Å²) in [6.07, 6.45) is -0.818. The molecule has 1 saturated heterocycles. The Kier molecular flexibility index (Phi) is 9.09. The predicted octanol–water partition coefficient (Wildman–Crippen LogP) is -1.22. The van der Waals surface area contributed by atoms with Crippen LogP contribution in [0.25, 0.3) is 0 Å². The van der Waals surface area contributed by atoms with E-state index in [2.05, 4.69) is 5.32 Å². The fourth-order valence-electron chi connectivity index (χ4n) is 1.58. The van der Waals surface area contributed by atoms with Gasteiger partial charge in [0.2, 0.25) is 0 Å². The van der Waals surface area contributed by atoms with E-state index in [0.29, 0.717) is 0 Å². The van der Waals surface area contributed by atoms with Gasteiger partial charge in [0.15, 0.2) is 11.3 Å². The molecule has 0 bridgehead atoms. The lowest BCUT2D eigenvalue weighted by molar-refractivity contribution is -0.269. The number of aliphatic hydroxyl groups excluding tert-OH is 3. The van der Waals surface area contributed by atoms with Crippen molar-refractivity contribution in [3.05, 3.63) is 0 Å². The molecule has 1 heterocycles. The Morgan fingerprint density at radius 1 is 1.07 bits per heavy atom. The maximum Gasteiger partial charge on any atom is 0.408 e. The summed E-state index contributed by atoms with van der Waals surface area (Å²) in [4.78, 5) is 23.0. The van der Waals surface area contributed by atoms with Crippen LogP contribution in [0.15, 0.2) is 0 Å². The Hall–Kier alpha value is -1.50. The molecule has 1 aliphatic rings. The largest absolute Gasteiger partial charge is 0.479 e. The summed E-state index contributed by atoms with van der Waals surface area (Å²) in [6.45, 7) is 6.84. The summed E-state index contributed by atoms with van der Waals surface area (Å²) in [7, 11) is 0. The van der Waals surface area contributed by atoms with E-state index in [-0.39, 0.29) is 13.2 Å². The van der Waals surface area contributed by atoms with Crippen LogP contribution in [0.5, 0.6) is 0 Å². The first-order chi connectivity index (χ1) is 12.1. The maximum atomic E-state index is 11.7. The van der Waals surface area contributed by atoms with Crippen molar-refractivity contribution in [2.24, 2.45) is 5.73 Å². The highest BCUT2D eigenvalue weighted by Gasteiger charge is 2.48. The Morgan fingerprint density at radius 2 is 1.48 bits per heavy atom.